The number of thiophene rings is 1. The molecule has 0 aliphatic heterocycles. The van der Waals surface area contributed by atoms with E-state index in [9.17, 15) is 4.79 Å². The fourth-order valence-corrected chi connectivity index (χ4v) is 3.29. The molecule has 1 aliphatic rings. The summed E-state index contributed by atoms with van der Waals surface area (Å²) in [4.78, 5) is 16.1. The molecule has 0 saturated heterocycles. The molecule has 22 heavy (non-hydrogen) atoms. The lowest BCUT2D eigenvalue weighted by Gasteiger charge is -2.22. The maximum atomic E-state index is 12.9. The van der Waals surface area contributed by atoms with E-state index in [-0.39, 0.29) is 5.91 Å². The van der Waals surface area contributed by atoms with Crippen molar-refractivity contribution in [3.63, 3.8) is 0 Å². The van der Waals surface area contributed by atoms with Crippen LogP contribution in [0.4, 0.5) is 0 Å². The molecule has 0 unspecified atom stereocenters. The molecule has 0 radical (unpaired) electrons. The van der Waals surface area contributed by atoms with Crippen molar-refractivity contribution in [1.82, 2.24) is 4.90 Å². The van der Waals surface area contributed by atoms with E-state index in [2.05, 4.69) is 11.4 Å². The van der Waals surface area contributed by atoms with Crippen LogP contribution in [0.25, 0.3) is 0 Å². The van der Waals surface area contributed by atoms with E-state index >= 15 is 0 Å². The van der Waals surface area contributed by atoms with E-state index < -0.39 is 0 Å². The Balaban J connectivity index is 1.79. The number of carbonyl (C=O) groups is 1. The van der Waals surface area contributed by atoms with Gasteiger partial charge in [0.05, 0.1) is 13.2 Å². The lowest BCUT2D eigenvalue weighted by atomic mass is 10.1. The summed E-state index contributed by atoms with van der Waals surface area (Å²) in [5, 5.41) is 2.06. The zero-order valence-corrected chi connectivity index (χ0v) is 13.9. The third-order valence-electron chi connectivity index (χ3n) is 3.88. The zero-order valence-electron chi connectivity index (χ0n) is 13.0. The van der Waals surface area contributed by atoms with Gasteiger partial charge >= 0.3 is 0 Å². The number of amides is 1. The number of hydrogen-bond donors (Lipinski definition) is 0. The molecule has 0 atom stereocenters. The molecule has 3 rings (SSSR count). The molecule has 1 fully saturated rings. The van der Waals surface area contributed by atoms with Crippen molar-refractivity contribution < 1.29 is 9.53 Å². The molecule has 0 spiro atoms. The second-order valence-corrected chi connectivity index (χ2v) is 6.69. The van der Waals surface area contributed by atoms with E-state index in [4.69, 9.17) is 4.74 Å². The van der Waals surface area contributed by atoms with E-state index in [0.717, 1.165) is 29.7 Å². The Morgan fingerprint density at radius 3 is 2.77 bits per heavy atom. The second kappa shape index (κ2) is 6.53. The number of benzene rings is 1. The van der Waals surface area contributed by atoms with Crippen molar-refractivity contribution in [3.05, 3.63) is 51.7 Å². The monoisotopic (exact) mass is 315 g/mol. The minimum absolute atomic E-state index is 0.127. The highest BCUT2D eigenvalue weighted by molar-refractivity contribution is 7.09. The standard InChI is InChI=1S/C18H21NO2S/c1-3-21-17-9-6-14(11-13(17)2)18(20)19(15-7-8-15)12-16-5-4-10-22-16/h4-6,9-11,15H,3,7-8,12H2,1-2H3. The van der Waals surface area contributed by atoms with Crippen LogP contribution in [0.1, 0.15) is 40.6 Å². The van der Waals surface area contributed by atoms with Gasteiger partial charge in [-0.1, -0.05) is 6.07 Å². The molecule has 0 bridgehead atoms. The number of aryl methyl sites for hydroxylation is 1. The summed E-state index contributed by atoms with van der Waals surface area (Å²) < 4.78 is 5.55. The minimum Gasteiger partial charge on any atom is -0.494 e. The van der Waals surface area contributed by atoms with Gasteiger partial charge in [-0.15, -0.1) is 11.3 Å². The van der Waals surface area contributed by atoms with Gasteiger partial charge in [0.25, 0.3) is 5.91 Å². The lowest BCUT2D eigenvalue weighted by molar-refractivity contribution is 0.0731. The van der Waals surface area contributed by atoms with Crippen LogP contribution in [0.5, 0.6) is 5.75 Å². The van der Waals surface area contributed by atoms with E-state index in [1.54, 1.807) is 11.3 Å². The quantitative estimate of drug-likeness (QED) is 0.797. The fraction of sp³-hybridized carbons (Fsp3) is 0.389. The van der Waals surface area contributed by atoms with Gasteiger partial charge in [-0.2, -0.15) is 0 Å². The number of carbonyl (C=O) groups excluding carboxylic acids is 1. The highest BCUT2D eigenvalue weighted by Gasteiger charge is 2.33. The Morgan fingerprint density at radius 2 is 2.18 bits per heavy atom. The van der Waals surface area contributed by atoms with Crippen LogP contribution >= 0.6 is 11.3 Å². The molecular weight excluding hydrogens is 294 g/mol. The summed E-state index contributed by atoms with van der Waals surface area (Å²) in [7, 11) is 0. The molecule has 4 heteroatoms. The van der Waals surface area contributed by atoms with Crippen LogP contribution in [-0.2, 0) is 6.54 Å². The van der Waals surface area contributed by atoms with Gasteiger partial charge in [0.1, 0.15) is 5.75 Å². The van der Waals surface area contributed by atoms with E-state index in [1.165, 1.54) is 4.88 Å². The number of nitrogens with zero attached hydrogens (tertiary/aromatic N) is 1. The minimum atomic E-state index is 0.127. The molecule has 1 aliphatic carbocycles. The van der Waals surface area contributed by atoms with Crippen molar-refractivity contribution >= 4 is 17.2 Å². The predicted octanol–water partition coefficient (Wildman–Crippen LogP) is 4.26. The Bertz CT molecular complexity index is 647. The van der Waals surface area contributed by atoms with Crippen molar-refractivity contribution in [3.8, 4) is 5.75 Å². The Labute approximate surface area is 135 Å². The Kier molecular flexibility index (Phi) is 4.48. The summed E-state index contributed by atoms with van der Waals surface area (Å²) >= 11 is 1.71. The SMILES string of the molecule is CCOc1ccc(C(=O)N(Cc2cccs2)C2CC2)cc1C. The van der Waals surface area contributed by atoms with Gasteiger partial charge in [-0.05, 0) is 61.9 Å². The highest BCUT2D eigenvalue weighted by Crippen LogP contribution is 2.31. The highest BCUT2D eigenvalue weighted by atomic mass is 32.1. The first-order valence-corrected chi connectivity index (χ1v) is 8.63. The summed E-state index contributed by atoms with van der Waals surface area (Å²) in [6.45, 7) is 5.31. The van der Waals surface area contributed by atoms with Gasteiger partial charge in [0, 0.05) is 16.5 Å². The summed E-state index contributed by atoms with van der Waals surface area (Å²) in [5.41, 5.74) is 1.77. The smallest absolute Gasteiger partial charge is 0.254 e. The summed E-state index contributed by atoms with van der Waals surface area (Å²) in [6, 6.07) is 10.3. The topological polar surface area (TPSA) is 29.5 Å². The largest absolute Gasteiger partial charge is 0.494 e. The lowest BCUT2D eigenvalue weighted by Crippen LogP contribution is -2.32. The molecule has 2 aromatic rings. The van der Waals surface area contributed by atoms with Gasteiger partial charge in [0.2, 0.25) is 0 Å². The molecule has 1 aromatic heterocycles. The maximum absolute atomic E-state index is 12.9. The van der Waals surface area contributed by atoms with Crippen LogP contribution < -0.4 is 4.74 Å². The Morgan fingerprint density at radius 1 is 1.36 bits per heavy atom. The fourth-order valence-electron chi connectivity index (χ4n) is 2.59. The number of rotatable bonds is 6. The Hall–Kier alpha value is -1.81. The second-order valence-electron chi connectivity index (χ2n) is 5.66. The van der Waals surface area contributed by atoms with Crippen LogP contribution in [0, 0.1) is 6.92 Å². The third-order valence-corrected chi connectivity index (χ3v) is 4.74. The molecule has 3 nitrogen and oxygen atoms in total. The summed E-state index contributed by atoms with van der Waals surface area (Å²) in [5.74, 6) is 0.984. The zero-order chi connectivity index (χ0) is 15.5. The van der Waals surface area contributed by atoms with Crippen LogP contribution in [0.3, 0.4) is 0 Å². The molecular formula is C18H21NO2S. The number of ether oxygens (including phenoxy) is 1. The molecule has 1 saturated carbocycles. The average Bonchev–Trinajstić information content (AvgIpc) is 3.23. The van der Waals surface area contributed by atoms with E-state index in [1.807, 2.05) is 43.0 Å². The normalized spacial score (nSPS) is 13.9. The average molecular weight is 315 g/mol. The number of hydrogen-bond acceptors (Lipinski definition) is 3. The van der Waals surface area contributed by atoms with Gasteiger partial charge in [-0.3, -0.25) is 4.79 Å². The van der Waals surface area contributed by atoms with Gasteiger partial charge < -0.3 is 9.64 Å². The molecule has 1 amide bonds. The van der Waals surface area contributed by atoms with Crippen molar-refractivity contribution in [2.75, 3.05) is 6.61 Å². The van der Waals surface area contributed by atoms with Gasteiger partial charge in [0.15, 0.2) is 0 Å². The first-order chi connectivity index (χ1) is 10.7. The maximum Gasteiger partial charge on any atom is 0.254 e. The summed E-state index contributed by atoms with van der Waals surface area (Å²) in [6.07, 6.45) is 2.24. The first kappa shape index (κ1) is 15.1. The van der Waals surface area contributed by atoms with Crippen LogP contribution in [0.15, 0.2) is 35.7 Å². The third kappa shape index (κ3) is 3.33. The van der Waals surface area contributed by atoms with Crippen molar-refractivity contribution in [1.29, 1.82) is 0 Å². The van der Waals surface area contributed by atoms with Gasteiger partial charge in [-0.25, -0.2) is 0 Å². The van der Waals surface area contributed by atoms with E-state index in [0.29, 0.717) is 19.2 Å². The molecule has 116 valence electrons. The molecule has 1 aromatic carbocycles. The van der Waals surface area contributed by atoms with Crippen molar-refractivity contribution in [2.24, 2.45) is 0 Å². The first-order valence-electron chi connectivity index (χ1n) is 7.76. The van der Waals surface area contributed by atoms with Crippen LogP contribution in [0.2, 0.25) is 0 Å². The van der Waals surface area contributed by atoms with Crippen LogP contribution in [-0.4, -0.2) is 23.5 Å². The molecule has 1 heterocycles. The molecule has 0 N–H and O–H groups in total. The predicted molar refractivity (Wildman–Crippen MR) is 89.6 cm³/mol. The van der Waals surface area contributed by atoms with Crippen molar-refractivity contribution in [2.45, 2.75) is 39.3 Å².